The summed E-state index contributed by atoms with van der Waals surface area (Å²) in [6.07, 6.45) is 2.50. The van der Waals surface area contributed by atoms with Crippen LogP contribution in [-0.2, 0) is 0 Å². The molecule has 1 heterocycles. The number of aldehydes is 1. The van der Waals surface area contributed by atoms with Gasteiger partial charge in [-0.05, 0) is 18.6 Å². The van der Waals surface area contributed by atoms with E-state index in [1.807, 2.05) is 13.0 Å². The fourth-order valence-corrected chi connectivity index (χ4v) is 3.00. The maximum atomic E-state index is 11.1. The molecule has 0 fully saturated rings. The van der Waals surface area contributed by atoms with Crippen molar-refractivity contribution in [1.29, 1.82) is 0 Å². The van der Waals surface area contributed by atoms with Gasteiger partial charge in [0.2, 0.25) is 0 Å². The van der Waals surface area contributed by atoms with E-state index in [0.29, 0.717) is 11.3 Å². The molecule has 0 radical (unpaired) electrons. The number of aryl methyl sites for hydroxylation is 1. The van der Waals surface area contributed by atoms with Crippen LogP contribution in [0.15, 0.2) is 12.3 Å². The number of carbonyl (C=O) groups excluding carboxylic acids is 1. The van der Waals surface area contributed by atoms with E-state index in [1.54, 1.807) is 17.4 Å². The van der Waals surface area contributed by atoms with Gasteiger partial charge in [0.25, 0.3) is 0 Å². The first-order chi connectivity index (χ1) is 7.72. The molecule has 1 aromatic heterocycles. The van der Waals surface area contributed by atoms with E-state index in [-0.39, 0.29) is 0 Å². The highest BCUT2D eigenvalue weighted by Crippen LogP contribution is 2.32. The Hall–Kier alpha value is -0.760. The van der Waals surface area contributed by atoms with E-state index in [9.17, 15) is 4.79 Å². The van der Waals surface area contributed by atoms with Crippen molar-refractivity contribution in [3.63, 3.8) is 0 Å². The van der Waals surface area contributed by atoms with Crippen molar-refractivity contribution in [2.75, 3.05) is 7.11 Å². The number of aromatic nitrogens is 2. The molecule has 0 atom stereocenters. The van der Waals surface area contributed by atoms with Gasteiger partial charge in [-0.25, -0.2) is 0 Å². The Bertz CT molecular complexity index is 553. The zero-order valence-corrected chi connectivity index (χ0v) is 11.7. The lowest BCUT2D eigenvalue weighted by Crippen LogP contribution is -1.94. The predicted octanol–water partition coefficient (Wildman–Crippen LogP) is 3.01. The molecule has 0 saturated carbocycles. The molecule has 0 spiro atoms. The molecular formula is C10H9IN2O2S. The quantitative estimate of drug-likeness (QED) is 0.632. The van der Waals surface area contributed by atoms with E-state index in [4.69, 9.17) is 4.74 Å². The van der Waals surface area contributed by atoms with Gasteiger partial charge in [-0.1, -0.05) is 0 Å². The standard InChI is InChI=1S/C10H9IN2O2S/c1-6-3-9(15-2)8(5-14)7-4-12-13(16-11)10(6)7/h3-5H,1-2H3. The van der Waals surface area contributed by atoms with Crippen LogP contribution in [0.25, 0.3) is 10.9 Å². The molecule has 0 aliphatic carbocycles. The maximum Gasteiger partial charge on any atom is 0.154 e. The molecule has 2 aromatic rings. The van der Waals surface area contributed by atoms with Crippen molar-refractivity contribution >= 4 is 47.5 Å². The zero-order chi connectivity index (χ0) is 11.7. The van der Waals surface area contributed by atoms with E-state index < -0.39 is 0 Å². The first-order valence-electron chi connectivity index (χ1n) is 4.52. The van der Waals surface area contributed by atoms with E-state index >= 15 is 0 Å². The second kappa shape index (κ2) is 4.62. The maximum absolute atomic E-state index is 11.1. The highest BCUT2D eigenvalue weighted by molar-refractivity contribution is 14.2. The Morgan fingerprint density at radius 1 is 1.62 bits per heavy atom. The Morgan fingerprint density at radius 3 is 2.94 bits per heavy atom. The minimum atomic E-state index is 0.555. The minimum absolute atomic E-state index is 0.555. The highest BCUT2D eigenvalue weighted by Gasteiger charge is 2.14. The van der Waals surface area contributed by atoms with Gasteiger partial charge in [0.05, 0.1) is 24.4 Å². The number of fused-ring (bicyclic) bond motifs is 1. The second-order valence-electron chi connectivity index (χ2n) is 3.28. The Balaban J connectivity index is 2.87. The summed E-state index contributed by atoms with van der Waals surface area (Å²) in [6.45, 7) is 1.98. The minimum Gasteiger partial charge on any atom is -0.496 e. The van der Waals surface area contributed by atoms with Gasteiger partial charge in [0, 0.05) is 35.7 Å². The molecule has 0 N–H and O–H groups in total. The van der Waals surface area contributed by atoms with Crippen LogP contribution in [0.3, 0.4) is 0 Å². The molecule has 2 rings (SSSR count). The van der Waals surface area contributed by atoms with E-state index in [2.05, 4.69) is 26.3 Å². The number of hydrogen-bond donors (Lipinski definition) is 0. The van der Waals surface area contributed by atoms with Gasteiger partial charge in [0.1, 0.15) is 5.75 Å². The zero-order valence-electron chi connectivity index (χ0n) is 8.73. The van der Waals surface area contributed by atoms with E-state index in [0.717, 1.165) is 22.8 Å². The lowest BCUT2D eigenvalue weighted by atomic mass is 10.1. The molecule has 16 heavy (non-hydrogen) atoms. The summed E-state index contributed by atoms with van der Waals surface area (Å²) < 4.78 is 6.98. The Kier molecular flexibility index (Phi) is 3.38. The van der Waals surface area contributed by atoms with Crippen LogP contribution in [0, 0.1) is 6.92 Å². The number of ether oxygens (including phenoxy) is 1. The molecule has 84 valence electrons. The molecule has 0 saturated heterocycles. The van der Waals surface area contributed by atoms with Crippen LogP contribution in [-0.4, -0.2) is 22.6 Å². The van der Waals surface area contributed by atoms with Gasteiger partial charge in [-0.15, -0.1) is 0 Å². The molecule has 0 aliphatic rings. The average Bonchev–Trinajstić information content (AvgIpc) is 2.73. The van der Waals surface area contributed by atoms with Crippen LogP contribution >= 0.6 is 30.3 Å². The first-order valence-corrected chi connectivity index (χ1v) is 7.84. The summed E-state index contributed by atoms with van der Waals surface area (Å²) in [7, 11) is 3.03. The summed E-state index contributed by atoms with van der Waals surface area (Å²) in [6, 6.07) is 1.86. The van der Waals surface area contributed by atoms with Crippen molar-refractivity contribution in [2.45, 2.75) is 6.92 Å². The Morgan fingerprint density at radius 2 is 2.38 bits per heavy atom. The van der Waals surface area contributed by atoms with Crippen molar-refractivity contribution < 1.29 is 9.53 Å². The fraction of sp³-hybridized carbons (Fsp3) is 0.200. The summed E-state index contributed by atoms with van der Waals surface area (Å²) in [5.74, 6) is 0.595. The van der Waals surface area contributed by atoms with Crippen molar-refractivity contribution in [3.8, 4) is 5.75 Å². The third kappa shape index (κ3) is 1.69. The predicted molar refractivity (Wildman–Crippen MR) is 73.4 cm³/mol. The number of methoxy groups -OCH3 is 1. The molecule has 4 nitrogen and oxygen atoms in total. The first kappa shape index (κ1) is 11.7. The molecular weight excluding hydrogens is 339 g/mol. The number of halogens is 1. The van der Waals surface area contributed by atoms with Crippen molar-refractivity contribution in [1.82, 2.24) is 9.19 Å². The normalized spacial score (nSPS) is 10.7. The second-order valence-corrected chi connectivity index (χ2v) is 4.94. The third-order valence-corrected chi connectivity index (χ3v) is 3.94. The average molecular weight is 348 g/mol. The van der Waals surface area contributed by atoms with Gasteiger partial charge in [-0.3, -0.25) is 4.79 Å². The summed E-state index contributed by atoms with van der Waals surface area (Å²) in [5, 5.41) is 5.05. The van der Waals surface area contributed by atoms with Crippen LogP contribution in [0.5, 0.6) is 5.75 Å². The highest BCUT2D eigenvalue weighted by atomic mass is 127. The Labute approximate surface area is 109 Å². The largest absolute Gasteiger partial charge is 0.496 e. The molecule has 0 aliphatic heterocycles. The number of rotatable bonds is 3. The summed E-state index contributed by atoms with van der Waals surface area (Å²) in [4.78, 5) is 11.1. The topological polar surface area (TPSA) is 44.1 Å². The van der Waals surface area contributed by atoms with Crippen LogP contribution in [0.1, 0.15) is 15.9 Å². The number of hydrogen-bond acceptors (Lipinski definition) is 4. The van der Waals surface area contributed by atoms with Gasteiger partial charge in [-0.2, -0.15) is 9.19 Å². The SMILES string of the molecule is COc1cc(C)c2c(cnn2SI)c1C=O. The van der Waals surface area contributed by atoms with Crippen molar-refractivity contribution in [2.24, 2.45) is 0 Å². The lowest BCUT2D eigenvalue weighted by Gasteiger charge is -2.07. The lowest BCUT2D eigenvalue weighted by molar-refractivity contribution is 0.112. The van der Waals surface area contributed by atoms with E-state index in [1.165, 1.54) is 9.12 Å². The van der Waals surface area contributed by atoms with Gasteiger partial charge in [0.15, 0.2) is 6.29 Å². The van der Waals surface area contributed by atoms with Crippen molar-refractivity contribution in [3.05, 3.63) is 23.4 Å². The van der Waals surface area contributed by atoms with Gasteiger partial charge < -0.3 is 4.74 Å². The van der Waals surface area contributed by atoms with Crippen LogP contribution in [0.2, 0.25) is 0 Å². The van der Waals surface area contributed by atoms with Gasteiger partial charge >= 0.3 is 0 Å². The van der Waals surface area contributed by atoms with Crippen LogP contribution < -0.4 is 4.74 Å². The molecule has 0 unspecified atom stereocenters. The van der Waals surface area contributed by atoms with Crippen LogP contribution in [0.4, 0.5) is 0 Å². The summed E-state index contributed by atoms with van der Waals surface area (Å²) in [5.41, 5.74) is 2.56. The third-order valence-electron chi connectivity index (χ3n) is 2.42. The molecule has 6 heteroatoms. The fourth-order valence-electron chi connectivity index (χ4n) is 1.71. The number of benzene rings is 1. The molecule has 1 aromatic carbocycles. The smallest absolute Gasteiger partial charge is 0.154 e. The number of nitrogens with zero attached hydrogens (tertiary/aromatic N) is 2. The molecule has 0 amide bonds. The summed E-state index contributed by atoms with van der Waals surface area (Å²) >= 11 is 2.15. The monoisotopic (exact) mass is 348 g/mol. The number of carbonyl (C=O) groups is 1. The molecule has 0 bridgehead atoms.